The number of carbonyl (C=O) groups excluding carboxylic acids is 4. The number of rotatable bonds is 9. The lowest BCUT2D eigenvalue weighted by molar-refractivity contribution is -0.199. The minimum absolute atomic E-state index is 0. The molecule has 0 unspecified atom stereocenters. The van der Waals surface area contributed by atoms with E-state index in [-0.39, 0.29) is 72.6 Å². The summed E-state index contributed by atoms with van der Waals surface area (Å²) in [6, 6.07) is 20.4. The Kier molecular flexibility index (Phi) is 19.3. The molecule has 10 fully saturated rings. The van der Waals surface area contributed by atoms with E-state index in [9.17, 15) is 19.2 Å². The average molecular weight is 1130 g/mol. The van der Waals surface area contributed by atoms with Crippen LogP contribution in [0.25, 0.3) is 0 Å². The van der Waals surface area contributed by atoms with Crippen molar-refractivity contribution >= 4 is 62.0 Å². The van der Waals surface area contributed by atoms with E-state index in [1.807, 2.05) is 77.9 Å². The van der Waals surface area contributed by atoms with Crippen molar-refractivity contribution in [3.63, 3.8) is 0 Å². The predicted molar refractivity (Wildman–Crippen MR) is 303 cm³/mol. The quantitative estimate of drug-likeness (QED) is 0.137. The predicted octanol–water partition coefficient (Wildman–Crippen LogP) is 11.0. The molecule has 4 heterocycles. The van der Waals surface area contributed by atoms with Crippen LogP contribution in [0.4, 0.5) is 19.2 Å². The van der Waals surface area contributed by atoms with Crippen LogP contribution in [0.5, 0.6) is 0 Å². The first kappa shape index (κ1) is 61.8. The van der Waals surface area contributed by atoms with Gasteiger partial charge in [0.05, 0.1) is 42.4 Å². The van der Waals surface area contributed by atoms with Crippen LogP contribution in [0, 0.1) is 34.5 Å². The van der Waals surface area contributed by atoms with Crippen molar-refractivity contribution in [2.45, 2.75) is 206 Å². The second kappa shape index (κ2) is 24.4. The molecule has 432 valence electrons. The number of nitrogens with two attached hydrogens (primary N) is 1. The summed E-state index contributed by atoms with van der Waals surface area (Å²) in [5.74, 6) is 1.95. The van der Waals surface area contributed by atoms with Crippen LogP contribution in [-0.4, -0.2) is 133 Å². The molecule has 3 amide bonds. The SMILES string of the molecule is CC(C)(C)OC(=O)N1CCC[C@@H](OC(=O)Cl)C1.CC(C)(C)OC(=O)N1CCC[C@@H](OC(=O)N[C@@H](Cc2ccccc2)B2O[C@@H]3C[C@@H]4C[C@@H](C4(C)C)[C@]3(C)O2)C1.CC1(C)[C@@H]2C[C@H]3OB([C@@H](N)Cc4ccccc4)O[C@@]3(C)[C@H]1C2.Cl. The molecule has 2 aromatic rings. The smallest absolute Gasteiger partial charge is 0.448 e. The highest BCUT2D eigenvalue weighted by molar-refractivity contribution is 6.61. The number of alkyl carbamates (subject to hydrolysis) is 1. The maximum Gasteiger partial charge on any atom is 0.482 e. The van der Waals surface area contributed by atoms with Gasteiger partial charge in [-0.05, 0) is 165 Å². The number of nitrogens with zero attached hydrogens (tertiary/aromatic N) is 2. The normalized spacial score (nSPS) is 31.7. The first-order chi connectivity index (χ1) is 36.0. The van der Waals surface area contributed by atoms with E-state index < -0.39 is 41.9 Å². The number of hydrogen-bond donors (Lipinski definition) is 2. The maximum absolute atomic E-state index is 13.2. The van der Waals surface area contributed by atoms with Crippen LogP contribution in [0.15, 0.2) is 60.7 Å². The number of nitrogens with one attached hydrogen (secondary N) is 1. The summed E-state index contributed by atoms with van der Waals surface area (Å²) in [5.41, 5.74) is 6.91. The zero-order valence-electron chi connectivity index (χ0n) is 48.3. The number of halogens is 2. The van der Waals surface area contributed by atoms with E-state index >= 15 is 0 Å². The Balaban J connectivity index is 0.000000186. The number of hydrogen-bond acceptors (Lipinski definition) is 13. The standard InChI is InChI=1S/C29H43BN2O6.C18H26BNO2.C11H18ClNO4.ClH/c1-27(2,3)36-26(34)32-14-10-13-21(18-32)35-25(33)31-24(15-19-11-8-7-9-12-19)30-37-23-17-20-16-22(28(20,4)5)29(23,6)38-30;1-17(2)13-10-14(17)18(3)15(11-13)21-19(22-18)16(20)9-12-7-5-4-6-8-12;1-11(2,3)17-10(15)13-6-4-5-8(7-13)16-9(12)14;/h7-9,11-12,20-24H,10,13-18H2,1-6H3,(H,31,33);4-8,13-16H,9-11,20H2,1-3H3;8H,4-7H2,1-3H3;1H/t20-,21+,22-,23+,24-,29-;13-,14-,15+,16-,18-;8-;/m001./s1. The molecule has 4 bridgehead atoms. The third-order valence-electron chi connectivity index (χ3n) is 18.1. The van der Waals surface area contributed by atoms with Crippen LogP contribution >= 0.6 is 24.0 Å². The molecule has 16 nitrogen and oxygen atoms in total. The highest BCUT2D eigenvalue weighted by atomic mass is 35.5. The Bertz CT molecular complexity index is 2380. The Morgan fingerprint density at radius 1 is 0.667 bits per heavy atom. The van der Waals surface area contributed by atoms with Crippen molar-refractivity contribution in [2.24, 2.45) is 40.2 Å². The van der Waals surface area contributed by atoms with E-state index in [2.05, 4.69) is 71.1 Å². The lowest BCUT2D eigenvalue weighted by Crippen LogP contribution is -2.65. The fourth-order valence-electron chi connectivity index (χ4n) is 13.7. The molecule has 12 rings (SSSR count). The van der Waals surface area contributed by atoms with Gasteiger partial charge in [0, 0.05) is 30.6 Å². The van der Waals surface area contributed by atoms with Crippen molar-refractivity contribution < 1.29 is 56.7 Å². The Labute approximate surface area is 475 Å². The fraction of sp³-hybridized carbons (Fsp3) is 0.724. The molecule has 0 radical (unpaired) electrons. The van der Waals surface area contributed by atoms with Gasteiger partial charge in [0.15, 0.2) is 0 Å². The first-order valence-corrected chi connectivity index (χ1v) is 28.7. The van der Waals surface area contributed by atoms with Crippen LogP contribution in [0.2, 0.25) is 0 Å². The zero-order chi connectivity index (χ0) is 55.9. The molecule has 4 aliphatic heterocycles. The number of piperidine rings is 2. The second-order valence-electron chi connectivity index (χ2n) is 26.6. The van der Waals surface area contributed by atoms with Gasteiger partial charge in [-0.15, -0.1) is 12.4 Å². The third kappa shape index (κ3) is 14.3. The summed E-state index contributed by atoms with van der Waals surface area (Å²) < 4.78 is 47.3. The molecular weight excluding hydrogens is 1040 g/mol. The summed E-state index contributed by atoms with van der Waals surface area (Å²) in [6.45, 7) is 26.7. The molecule has 6 saturated carbocycles. The van der Waals surface area contributed by atoms with E-state index in [0.29, 0.717) is 62.2 Å². The fourth-order valence-corrected chi connectivity index (χ4v) is 13.9. The monoisotopic (exact) mass is 1120 g/mol. The van der Waals surface area contributed by atoms with Crippen molar-refractivity contribution in [2.75, 3.05) is 26.2 Å². The molecule has 2 aromatic carbocycles. The first-order valence-electron chi connectivity index (χ1n) is 28.3. The van der Waals surface area contributed by atoms with E-state index in [4.69, 9.17) is 54.9 Å². The van der Waals surface area contributed by atoms with Gasteiger partial charge >= 0.3 is 37.9 Å². The number of benzene rings is 2. The van der Waals surface area contributed by atoms with Gasteiger partial charge in [0.1, 0.15) is 23.4 Å². The summed E-state index contributed by atoms with van der Waals surface area (Å²) in [7, 11) is -0.831. The minimum Gasteiger partial charge on any atom is -0.448 e. The van der Waals surface area contributed by atoms with Crippen molar-refractivity contribution in [3.05, 3.63) is 71.8 Å². The van der Waals surface area contributed by atoms with Crippen LogP contribution < -0.4 is 11.1 Å². The zero-order valence-corrected chi connectivity index (χ0v) is 49.8. The molecule has 10 aliphatic rings. The molecule has 0 spiro atoms. The van der Waals surface area contributed by atoms with E-state index in [1.54, 1.807) is 9.80 Å². The molecule has 78 heavy (non-hydrogen) atoms. The Morgan fingerprint density at radius 3 is 1.53 bits per heavy atom. The van der Waals surface area contributed by atoms with Crippen LogP contribution in [0.1, 0.15) is 146 Å². The third-order valence-corrected chi connectivity index (χ3v) is 18.2. The lowest BCUT2D eigenvalue weighted by atomic mass is 9.43. The van der Waals surface area contributed by atoms with Gasteiger partial charge in [-0.2, -0.15) is 0 Å². The van der Waals surface area contributed by atoms with Crippen LogP contribution in [-0.2, 0) is 50.4 Å². The Hall–Kier alpha value is -3.77. The van der Waals surface area contributed by atoms with Crippen molar-refractivity contribution in [1.82, 2.24) is 15.1 Å². The maximum atomic E-state index is 13.2. The number of carbonyl (C=O) groups is 4. The Morgan fingerprint density at radius 2 is 1.09 bits per heavy atom. The molecule has 6 aliphatic carbocycles. The van der Waals surface area contributed by atoms with Gasteiger partial charge in [0.2, 0.25) is 0 Å². The van der Waals surface area contributed by atoms with Gasteiger partial charge < -0.3 is 58.4 Å². The minimum atomic E-state index is -0.832. The summed E-state index contributed by atoms with van der Waals surface area (Å²) in [6.07, 6.45) is 7.11. The van der Waals surface area contributed by atoms with Gasteiger partial charge in [0.25, 0.3) is 0 Å². The molecule has 20 heteroatoms. The number of ether oxygens (including phenoxy) is 4. The summed E-state index contributed by atoms with van der Waals surface area (Å²) >= 11 is 5.15. The molecule has 4 saturated heterocycles. The highest BCUT2D eigenvalue weighted by Crippen LogP contribution is 2.67. The summed E-state index contributed by atoms with van der Waals surface area (Å²) in [5, 5.41) is 3.07. The molecule has 3 N–H and O–H groups in total. The highest BCUT2D eigenvalue weighted by Gasteiger charge is 2.70. The number of amides is 3. The topological polar surface area (TPSA) is 187 Å². The van der Waals surface area contributed by atoms with Gasteiger partial charge in [-0.25, -0.2) is 19.2 Å². The number of likely N-dealkylation sites (tertiary alicyclic amines) is 2. The van der Waals surface area contributed by atoms with Crippen LogP contribution in [0.3, 0.4) is 0 Å². The molecule has 12 atom stereocenters. The van der Waals surface area contributed by atoms with Crippen molar-refractivity contribution in [1.29, 1.82) is 0 Å². The molecule has 0 aromatic heterocycles. The largest absolute Gasteiger partial charge is 0.482 e. The average Bonchev–Trinajstić information content (AvgIpc) is 3.80. The van der Waals surface area contributed by atoms with Gasteiger partial charge in [-0.1, -0.05) is 88.4 Å². The molecular formula is C58H88B2Cl2N4O12. The van der Waals surface area contributed by atoms with E-state index in [1.165, 1.54) is 18.4 Å². The van der Waals surface area contributed by atoms with Crippen molar-refractivity contribution in [3.8, 4) is 0 Å². The van der Waals surface area contributed by atoms with Gasteiger partial charge in [-0.3, -0.25) is 0 Å². The van der Waals surface area contributed by atoms with E-state index in [0.717, 1.165) is 50.0 Å². The second-order valence-corrected chi connectivity index (χ2v) is 26.9. The summed E-state index contributed by atoms with van der Waals surface area (Å²) in [4.78, 5) is 51.3. The lowest BCUT2D eigenvalue weighted by Gasteiger charge is -2.64.